The molecule has 0 saturated heterocycles. The third kappa shape index (κ3) is 4.06. The molecule has 4 aromatic rings. The van der Waals surface area contributed by atoms with Crippen molar-refractivity contribution in [3.63, 3.8) is 0 Å². The van der Waals surface area contributed by atoms with Crippen LogP contribution in [0.1, 0.15) is 48.3 Å². The Morgan fingerprint density at radius 2 is 1.91 bits per heavy atom. The van der Waals surface area contributed by atoms with Crippen LogP contribution >= 0.6 is 0 Å². The predicted molar refractivity (Wildman–Crippen MR) is 127 cm³/mol. The number of carbonyl (C=O) groups is 1. The lowest BCUT2D eigenvalue weighted by atomic mass is 9.88. The van der Waals surface area contributed by atoms with Crippen molar-refractivity contribution in [1.29, 1.82) is 0 Å². The van der Waals surface area contributed by atoms with Gasteiger partial charge in [0.15, 0.2) is 0 Å². The number of fused-ring (bicyclic) bond motifs is 2. The minimum absolute atomic E-state index is 0.0318. The molecule has 0 bridgehead atoms. The first-order valence-corrected chi connectivity index (χ1v) is 11.5. The molecule has 1 amide bonds. The van der Waals surface area contributed by atoms with Crippen LogP contribution in [0.4, 0.5) is 0 Å². The molecule has 0 fully saturated rings. The molecule has 0 aliphatic heterocycles. The lowest BCUT2D eigenvalue weighted by Crippen LogP contribution is -2.37. The normalized spacial score (nSPS) is 15.4. The molecule has 0 spiro atoms. The number of rotatable bonds is 5. The lowest BCUT2D eigenvalue weighted by molar-refractivity contribution is -0.122. The van der Waals surface area contributed by atoms with Crippen molar-refractivity contribution < 1.29 is 4.79 Å². The average molecular weight is 442 g/mol. The summed E-state index contributed by atoms with van der Waals surface area (Å²) >= 11 is 0. The van der Waals surface area contributed by atoms with E-state index in [4.69, 9.17) is 0 Å². The second-order valence-electron chi connectivity index (χ2n) is 8.60. The summed E-state index contributed by atoms with van der Waals surface area (Å²) in [5, 5.41) is 12.0. The lowest BCUT2D eigenvalue weighted by Gasteiger charge is -2.26. The molecule has 0 saturated carbocycles. The van der Waals surface area contributed by atoms with E-state index in [0.717, 1.165) is 31.2 Å². The van der Waals surface area contributed by atoms with Gasteiger partial charge >= 0.3 is 0 Å². The van der Waals surface area contributed by atoms with Crippen molar-refractivity contribution in [2.75, 3.05) is 0 Å². The third-order valence-corrected chi connectivity index (χ3v) is 6.39. The van der Waals surface area contributed by atoms with Crippen LogP contribution in [0.2, 0.25) is 0 Å². The molecule has 7 nitrogen and oxygen atoms in total. The van der Waals surface area contributed by atoms with Crippen molar-refractivity contribution in [3.8, 4) is 11.3 Å². The molecular weight excluding hydrogens is 414 g/mol. The van der Waals surface area contributed by atoms with Crippen LogP contribution in [0.25, 0.3) is 16.8 Å². The van der Waals surface area contributed by atoms with Crippen LogP contribution in [0, 0.1) is 6.92 Å². The number of hydrogen-bond acceptors (Lipinski definition) is 4. The number of benzene rings is 2. The summed E-state index contributed by atoms with van der Waals surface area (Å²) in [5.41, 5.74) is 5.42. The first kappa shape index (κ1) is 21.1. The van der Waals surface area contributed by atoms with Crippen LogP contribution in [0.3, 0.4) is 0 Å². The van der Waals surface area contributed by atoms with Crippen LogP contribution in [-0.2, 0) is 24.2 Å². The standard InChI is InChI=1S/C26H27N5O2/c1-3-18-11-13-20(14-12-18)23-15-24-26(33)30(28-17(2)31(24)29-23)16-25(32)27-22-10-6-8-19-7-4-5-9-21(19)22/h4-5,7,9,11-15,22H,3,6,8,10,16H2,1-2H3,(H,27,32). The molecule has 1 atom stereocenters. The Hall–Kier alpha value is -3.74. The third-order valence-electron chi connectivity index (χ3n) is 6.39. The van der Waals surface area contributed by atoms with Gasteiger partial charge in [0.2, 0.25) is 5.91 Å². The maximum absolute atomic E-state index is 13.1. The summed E-state index contributed by atoms with van der Waals surface area (Å²) in [6, 6.07) is 18.1. The first-order chi connectivity index (χ1) is 16.0. The van der Waals surface area contributed by atoms with Gasteiger partial charge in [-0.3, -0.25) is 9.59 Å². The number of amides is 1. The van der Waals surface area contributed by atoms with Gasteiger partial charge in [-0.1, -0.05) is 55.5 Å². The highest BCUT2D eigenvalue weighted by molar-refractivity contribution is 5.76. The zero-order valence-electron chi connectivity index (χ0n) is 18.9. The Morgan fingerprint density at radius 3 is 2.70 bits per heavy atom. The van der Waals surface area contributed by atoms with Gasteiger partial charge in [-0.05, 0) is 55.4 Å². The molecule has 2 aromatic heterocycles. The van der Waals surface area contributed by atoms with E-state index in [1.807, 2.05) is 24.3 Å². The quantitative estimate of drug-likeness (QED) is 0.513. The summed E-state index contributed by atoms with van der Waals surface area (Å²) in [4.78, 5) is 26.0. The summed E-state index contributed by atoms with van der Waals surface area (Å²) < 4.78 is 2.79. The maximum Gasteiger partial charge on any atom is 0.293 e. The van der Waals surface area contributed by atoms with E-state index in [2.05, 4.69) is 46.7 Å². The van der Waals surface area contributed by atoms with E-state index in [1.54, 1.807) is 17.5 Å². The SMILES string of the molecule is CCc1ccc(-c2cc3c(=O)n(CC(=O)NC4CCCc5ccccc54)nc(C)n3n2)cc1. The van der Waals surface area contributed by atoms with Crippen molar-refractivity contribution in [3.05, 3.63) is 87.5 Å². The second-order valence-corrected chi connectivity index (χ2v) is 8.60. The minimum atomic E-state index is -0.330. The largest absolute Gasteiger partial charge is 0.348 e. The van der Waals surface area contributed by atoms with Gasteiger partial charge in [0.25, 0.3) is 5.56 Å². The number of nitrogens with zero attached hydrogens (tertiary/aromatic N) is 4. The molecule has 1 aliphatic rings. The van der Waals surface area contributed by atoms with Crippen molar-refractivity contribution in [2.24, 2.45) is 0 Å². The van der Waals surface area contributed by atoms with Crippen molar-refractivity contribution in [1.82, 2.24) is 24.7 Å². The topological polar surface area (TPSA) is 81.3 Å². The van der Waals surface area contributed by atoms with E-state index in [0.29, 0.717) is 17.0 Å². The molecule has 2 aromatic carbocycles. The number of nitrogens with one attached hydrogen (secondary N) is 1. The monoisotopic (exact) mass is 441 g/mol. The summed E-state index contributed by atoms with van der Waals surface area (Å²) in [6.45, 7) is 3.77. The van der Waals surface area contributed by atoms with E-state index in [9.17, 15) is 9.59 Å². The van der Waals surface area contributed by atoms with Crippen LogP contribution in [0.15, 0.2) is 59.4 Å². The van der Waals surface area contributed by atoms with Crippen LogP contribution in [-0.4, -0.2) is 25.3 Å². The zero-order valence-corrected chi connectivity index (χ0v) is 18.9. The zero-order chi connectivity index (χ0) is 22.9. The van der Waals surface area contributed by atoms with Gasteiger partial charge < -0.3 is 5.32 Å². The summed E-state index contributed by atoms with van der Waals surface area (Å²) in [6.07, 6.45) is 3.92. The molecule has 33 heavy (non-hydrogen) atoms. The van der Waals surface area contributed by atoms with E-state index in [-0.39, 0.29) is 24.1 Å². The fraction of sp³-hybridized carbons (Fsp3) is 0.308. The molecule has 168 valence electrons. The fourth-order valence-corrected chi connectivity index (χ4v) is 4.61. The number of carbonyl (C=O) groups excluding carboxylic acids is 1. The highest BCUT2D eigenvalue weighted by Gasteiger charge is 2.22. The van der Waals surface area contributed by atoms with Crippen LogP contribution in [0.5, 0.6) is 0 Å². The van der Waals surface area contributed by atoms with E-state index in [1.165, 1.54) is 21.4 Å². The summed E-state index contributed by atoms with van der Waals surface area (Å²) in [5.74, 6) is 0.335. The van der Waals surface area contributed by atoms with Crippen molar-refractivity contribution >= 4 is 11.4 Å². The minimum Gasteiger partial charge on any atom is -0.348 e. The van der Waals surface area contributed by atoms with Gasteiger partial charge in [-0.2, -0.15) is 10.2 Å². The Balaban J connectivity index is 1.40. The number of aromatic nitrogens is 4. The Morgan fingerprint density at radius 1 is 1.12 bits per heavy atom. The first-order valence-electron chi connectivity index (χ1n) is 11.5. The fourth-order valence-electron chi connectivity index (χ4n) is 4.61. The summed E-state index contributed by atoms with van der Waals surface area (Å²) in [7, 11) is 0. The molecule has 1 unspecified atom stereocenters. The van der Waals surface area contributed by atoms with Gasteiger partial charge in [0, 0.05) is 5.56 Å². The van der Waals surface area contributed by atoms with Gasteiger partial charge in [-0.15, -0.1) is 0 Å². The molecular formula is C26H27N5O2. The van der Waals surface area contributed by atoms with E-state index >= 15 is 0 Å². The van der Waals surface area contributed by atoms with Gasteiger partial charge in [0.05, 0.1) is 11.7 Å². The highest BCUT2D eigenvalue weighted by atomic mass is 16.2. The average Bonchev–Trinajstić information content (AvgIpc) is 3.29. The molecule has 2 heterocycles. The van der Waals surface area contributed by atoms with Crippen molar-refractivity contribution in [2.45, 2.75) is 52.1 Å². The predicted octanol–water partition coefficient (Wildman–Crippen LogP) is 3.62. The molecule has 5 rings (SSSR count). The highest BCUT2D eigenvalue weighted by Crippen LogP contribution is 2.29. The number of hydrogen-bond donors (Lipinski definition) is 1. The smallest absolute Gasteiger partial charge is 0.293 e. The number of aryl methyl sites for hydroxylation is 3. The van der Waals surface area contributed by atoms with Gasteiger partial charge in [0.1, 0.15) is 17.9 Å². The Labute approximate surface area is 192 Å². The van der Waals surface area contributed by atoms with E-state index < -0.39 is 0 Å². The Kier molecular flexibility index (Phi) is 5.54. The maximum atomic E-state index is 13.1. The molecule has 0 radical (unpaired) electrons. The molecule has 1 aliphatic carbocycles. The molecule has 1 N–H and O–H groups in total. The van der Waals surface area contributed by atoms with Gasteiger partial charge in [-0.25, -0.2) is 9.20 Å². The second kappa shape index (κ2) is 8.65. The molecule has 7 heteroatoms. The van der Waals surface area contributed by atoms with Crippen LogP contribution < -0.4 is 10.9 Å². The Bertz CT molecular complexity index is 1380.